The van der Waals surface area contributed by atoms with Crippen molar-refractivity contribution in [2.24, 2.45) is 0 Å². The maximum atomic E-state index is 12.4. The van der Waals surface area contributed by atoms with Gasteiger partial charge in [-0.15, -0.1) is 0 Å². The van der Waals surface area contributed by atoms with Crippen molar-refractivity contribution in [2.45, 2.75) is 46.2 Å². The van der Waals surface area contributed by atoms with Gasteiger partial charge in [0.25, 0.3) is 5.91 Å². The minimum absolute atomic E-state index is 0.193. The molecule has 1 aromatic rings. The number of halogens is 1. The van der Waals surface area contributed by atoms with E-state index >= 15 is 0 Å². The molecule has 4 nitrogen and oxygen atoms in total. The fraction of sp³-hybridized carbons (Fsp3) is 0.500. The minimum atomic E-state index is -0.575. The highest BCUT2D eigenvalue weighted by Crippen LogP contribution is 2.20. The van der Waals surface area contributed by atoms with Crippen molar-refractivity contribution in [3.05, 3.63) is 34.3 Å². The number of amides is 2. The molecule has 0 aromatic heterocycles. The quantitative estimate of drug-likeness (QED) is 0.933. The number of rotatable bonds is 3. The van der Waals surface area contributed by atoms with Crippen LogP contribution in [-0.4, -0.2) is 35.3 Å². The van der Waals surface area contributed by atoms with Gasteiger partial charge in [0.05, 0.1) is 10.6 Å². The highest BCUT2D eigenvalue weighted by Gasteiger charge is 2.26. The summed E-state index contributed by atoms with van der Waals surface area (Å²) in [5.74, 6) is -0.460. The highest BCUT2D eigenvalue weighted by atomic mass is 35.5. The zero-order chi connectivity index (χ0) is 16.4. The third-order valence-corrected chi connectivity index (χ3v) is 3.45. The Morgan fingerprint density at radius 1 is 1.29 bits per heavy atom. The normalized spacial score (nSPS) is 12.7. The van der Waals surface area contributed by atoms with Gasteiger partial charge in [-0.05, 0) is 52.3 Å². The van der Waals surface area contributed by atoms with Crippen LogP contribution in [-0.2, 0) is 4.79 Å². The molecular formula is C16H23ClN2O2. The van der Waals surface area contributed by atoms with Crippen LogP contribution in [0.15, 0.2) is 18.2 Å². The van der Waals surface area contributed by atoms with Crippen LogP contribution in [0.3, 0.4) is 0 Å². The molecule has 0 fully saturated rings. The monoisotopic (exact) mass is 310 g/mol. The second kappa shape index (κ2) is 6.48. The molecule has 0 aliphatic heterocycles. The Morgan fingerprint density at radius 3 is 2.33 bits per heavy atom. The number of nitrogens with one attached hydrogen (secondary N) is 1. The van der Waals surface area contributed by atoms with Gasteiger partial charge >= 0.3 is 0 Å². The molecule has 1 rings (SSSR count). The summed E-state index contributed by atoms with van der Waals surface area (Å²) in [6, 6.07) is 4.68. The topological polar surface area (TPSA) is 49.4 Å². The molecule has 21 heavy (non-hydrogen) atoms. The number of hydrogen-bond donors (Lipinski definition) is 1. The molecule has 0 aliphatic carbocycles. The van der Waals surface area contributed by atoms with Crippen LogP contribution in [0.1, 0.15) is 43.6 Å². The molecule has 1 aromatic carbocycles. The zero-order valence-electron chi connectivity index (χ0n) is 13.5. The molecule has 116 valence electrons. The van der Waals surface area contributed by atoms with Gasteiger partial charge in [0.2, 0.25) is 5.91 Å². The predicted molar refractivity (Wildman–Crippen MR) is 85.6 cm³/mol. The lowest BCUT2D eigenvalue weighted by Crippen LogP contribution is -2.51. The van der Waals surface area contributed by atoms with Crippen molar-refractivity contribution in [3.63, 3.8) is 0 Å². The summed E-state index contributed by atoms with van der Waals surface area (Å²) >= 11 is 6.11. The second-order valence-corrected chi connectivity index (χ2v) is 6.72. The van der Waals surface area contributed by atoms with E-state index in [1.165, 1.54) is 4.90 Å². The Hall–Kier alpha value is -1.55. The maximum Gasteiger partial charge on any atom is 0.255 e. The van der Waals surface area contributed by atoms with Gasteiger partial charge in [-0.2, -0.15) is 0 Å². The van der Waals surface area contributed by atoms with E-state index in [-0.39, 0.29) is 17.4 Å². The third-order valence-electron chi connectivity index (χ3n) is 3.13. The standard InChI is InChI=1S/C16H23ClN2O2/c1-10-7-8-12(13(17)9-10)15(21)19(6)11(2)14(20)18-16(3,4)5/h7-9,11H,1-6H3,(H,18,20). The molecule has 0 aliphatic rings. The molecular weight excluding hydrogens is 288 g/mol. The van der Waals surface area contributed by atoms with Crippen molar-refractivity contribution >= 4 is 23.4 Å². The summed E-state index contributed by atoms with van der Waals surface area (Å²) in [5, 5.41) is 3.26. The first-order chi connectivity index (χ1) is 9.53. The molecule has 1 atom stereocenters. The lowest BCUT2D eigenvalue weighted by Gasteiger charge is -2.28. The Balaban J connectivity index is 2.89. The fourth-order valence-electron chi connectivity index (χ4n) is 1.81. The lowest BCUT2D eigenvalue weighted by atomic mass is 10.1. The average Bonchev–Trinajstić information content (AvgIpc) is 2.34. The number of nitrogens with zero attached hydrogens (tertiary/aromatic N) is 1. The average molecular weight is 311 g/mol. The van der Waals surface area contributed by atoms with Crippen LogP contribution in [0.4, 0.5) is 0 Å². The van der Waals surface area contributed by atoms with E-state index in [2.05, 4.69) is 5.32 Å². The van der Waals surface area contributed by atoms with Crippen LogP contribution >= 0.6 is 11.6 Å². The van der Waals surface area contributed by atoms with E-state index in [9.17, 15) is 9.59 Å². The van der Waals surface area contributed by atoms with Gasteiger partial charge in [-0.25, -0.2) is 0 Å². The Morgan fingerprint density at radius 2 is 1.86 bits per heavy atom. The van der Waals surface area contributed by atoms with Crippen LogP contribution in [0.5, 0.6) is 0 Å². The van der Waals surface area contributed by atoms with Crippen LogP contribution in [0.25, 0.3) is 0 Å². The summed E-state index contributed by atoms with van der Waals surface area (Å²) in [6.07, 6.45) is 0. The van der Waals surface area contributed by atoms with Crippen molar-refractivity contribution < 1.29 is 9.59 Å². The number of likely N-dealkylation sites (N-methyl/N-ethyl adjacent to an activating group) is 1. The molecule has 0 heterocycles. The van der Waals surface area contributed by atoms with Crippen molar-refractivity contribution in [2.75, 3.05) is 7.05 Å². The molecule has 1 unspecified atom stereocenters. The van der Waals surface area contributed by atoms with Gasteiger partial charge in [0.15, 0.2) is 0 Å². The predicted octanol–water partition coefficient (Wildman–Crippen LogP) is 3.02. The van der Waals surface area contributed by atoms with Gasteiger partial charge in [0.1, 0.15) is 6.04 Å². The van der Waals surface area contributed by atoms with Crippen molar-refractivity contribution in [3.8, 4) is 0 Å². The van der Waals surface area contributed by atoms with E-state index in [4.69, 9.17) is 11.6 Å². The van der Waals surface area contributed by atoms with E-state index in [1.54, 1.807) is 26.1 Å². The maximum absolute atomic E-state index is 12.4. The number of benzene rings is 1. The molecule has 2 amide bonds. The number of aryl methyl sites for hydroxylation is 1. The summed E-state index contributed by atoms with van der Waals surface area (Å²) in [4.78, 5) is 26.0. The first-order valence-electron chi connectivity index (χ1n) is 6.88. The summed E-state index contributed by atoms with van der Waals surface area (Å²) in [6.45, 7) is 9.30. The van der Waals surface area contributed by atoms with Crippen LogP contribution < -0.4 is 5.32 Å². The summed E-state index contributed by atoms with van der Waals surface area (Å²) in [5.41, 5.74) is 1.05. The smallest absolute Gasteiger partial charge is 0.255 e. The van der Waals surface area contributed by atoms with Gasteiger partial charge < -0.3 is 10.2 Å². The van der Waals surface area contributed by atoms with Gasteiger partial charge in [-0.3, -0.25) is 9.59 Å². The molecule has 0 spiro atoms. The zero-order valence-corrected chi connectivity index (χ0v) is 14.2. The number of hydrogen-bond acceptors (Lipinski definition) is 2. The highest BCUT2D eigenvalue weighted by molar-refractivity contribution is 6.33. The summed E-state index contributed by atoms with van der Waals surface area (Å²) < 4.78 is 0. The molecule has 0 bridgehead atoms. The fourth-order valence-corrected chi connectivity index (χ4v) is 2.13. The largest absolute Gasteiger partial charge is 0.350 e. The Labute approximate surface area is 131 Å². The summed E-state index contributed by atoms with van der Waals surface area (Å²) in [7, 11) is 1.60. The van der Waals surface area contributed by atoms with Crippen LogP contribution in [0.2, 0.25) is 5.02 Å². The van der Waals surface area contributed by atoms with E-state index in [0.717, 1.165) is 5.56 Å². The van der Waals surface area contributed by atoms with E-state index in [1.807, 2.05) is 33.8 Å². The third kappa shape index (κ3) is 4.74. The Kier molecular flexibility index (Phi) is 5.40. The van der Waals surface area contributed by atoms with E-state index in [0.29, 0.717) is 10.6 Å². The minimum Gasteiger partial charge on any atom is -0.350 e. The SMILES string of the molecule is Cc1ccc(C(=O)N(C)C(C)C(=O)NC(C)(C)C)c(Cl)c1. The van der Waals surface area contributed by atoms with Crippen LogP contribution in [0, 0.1) is 6.92 Å². The Bertz CT molecular complexity index is 550. The first kappa shape index (κ1) is 17.5. The van der Waals surface area contributed by atoms with Gasteiger partial charge in [0, 0.05) is 12.6 Å². The molecule has 1 N–H and O–H groups in total. The number of carbonyl (C=O) groups is 2. The van der Waals surface area contributed by atoms with Crippen molar-refractivity contribution in [1.82, 2.24) is 10.2 Å². The lowest BCUT2D eigenvalue weighted by molar-refractivity contribution is -0.126. The van der Waals surface area contributed by atoms with Gasteiger partial charge in [-0.1, -0.05) is 17.7 Å². The van der Waals surface area contributed by atoms with E-state index < -0.39 is 6.04 Å². The molecule has 0 saturated carbocycles. The molecule has 0 radical (unpaired) electrons. The second-order valence-electron chi connectivity index (χ2n) is 6.31. The molecule has 5 heteroatoms. The molecule has 0 saturated heterocycles. The first-order valence-corrected chi connectivity index (χ1v) is 7.26. The van der Waals surface area contributed by atoms with Crippen molar-refractivity contribution in [1.29, 1.82) is 0 Å². The number of carbonyl (C=O) groups excluding carboxylic acids is 2.